The number of nitrogen functional groups attached to an aromatic ring is 1. The van der Waals surface area contributed by atoms with E-state index in [1.807, 2.05) is 19.9 Å². The number of benzene rings is 1. The summed E-state index contributed by atoms with van der Waals surface area (Å²) >= 11 is 3.34. The molecule has 2 N–H and O–H groups in total. The van der Waals surface area contributed by atoms with E-state index in [2.05, 4.69) is 15.9 Å². The van der Waals surface area contributed by atoms with E-state index in [0.29, 0.717) is 11.3 Å². The zero-order chi connectivity index (χ0) is 13.1. The monoisotopic (exact) mass is 319 g/mol. The van der Waals surface area contributed by atoms with Crippen LogP contribution in [0.4, 0.5) is 5.69 Å². The van der Waals surface area contributed by atoms with Gasteiger partial charge in [-0.25, -0.2) is 8.42 Å². The molecule has 0 amide bonds. The van der Waals surface area contributed by atoms with Crippen LogP contribution in [0.2, 0.25) is 0 Å². The van der Waals surface area contributed by atoms with Gasteiger partial charge >= 0.3 is 0 Å². The van der Waals surface area contributed by atoms with Crippen molar-refractivity contribution in [3.05, 3.63) is 28.2 Å². The molecular weight excluding hydrogens is 302 g/mol. The first kappa shape index (κ1) is 14.5. The molecule has 96 valence electrons. The predicted octanol–water partition coefficient (Wildman–Crippen LogP) is 2.99. The third-order valence-electron chi connectivity index (χ3n) is 2.75. The van der Waals surface area contributed by atoms with Gasteiger partial charge in [-0.2, -0.15) is 0 Å². The number of hydrogen-bond donors (Lipinski definition) is 1. The van der Waals surface area contributed by atoms with E-state index in [0.717, 1.165) is 10.9 Å². The van der Waals surface area contributed by atoms with Gasteiger partial charge in [-0.1, -0.05) is 42.3 Å². The normalized spacial score (nSPS) is 13.6. The van der Waals surface area contributed by atoms with Crippen molar-refractivity contribution in [2.24, 2.45) is 5.92 Å². The summed E-state index contributed by atoms with van der Waals surface area (Å²) in [5, 5.41) is 0. The number of nitrogens with two attached hydrogens (primary N) is 1. The Balaban J connectivity index is 2.91. The summed E-state index contributed by atoms with van der Waals surface area (Å²) in [4.78, 5) is 0. The lowest BCUT2D eigenvalue weighted by Gasteiger charge is -2.12. The average Bonchev–Trinajstić information content (AvgIpc) is 2.23. The number of hydrogen-bond acceptors (Lipinski definition) is 3. The Labute approximate surface area is 111 Å². The fourth-order valence-corrected chi connectivity index (χ4v) is 4.25. The van der Waals surface area contributed by atoms with Crippen LogP contribution in [0, 0.1) is 5.92 Å². The van der Waals surface area contributed by atoms with Gasteiger partial charge in [-0.3, -0.25) is 0 Å². The number of anilines is 1. The zero-order valence-electron chi connectivity index (χ0n) is 10.1. The van der Waals surface area contributed by atoms with Crippen LogP contribution in [0.3, 0.4) is 0 Å². The van der Waals surface area contributed by atoms with Crippen molar-refractivity contribution in [2.75, 3.05) is 11.5 Å². The summed E-state index contributed by atoms with van der Waals surface area (Å²) in [6.45, 7) is 3.94. The van der Waals surface area contributed by atoms with Gasteiger partial charge in [-0.15, -0.1) is 0 Å². The summed E-state index contributed by atoms with van der Waals surface area (Å²) < 4.78 is 24.7. The van der Waals surface area contributed by atoms with Crippen molar-refractivity contribution < 1.29 is 8.42 Å². The van der Waals surface area contributed by atoms with Crippen LogP contribution >= 0.6 is 15.9 Å². The Hall–Kier alpha value is -0.550. The first-order chi connectivity index (χ1) is 7.85. The van der Waals surface area contributed by atoms with E-state index in [9.17, 15) is 8.42 Å². The smallest absolute Gasteiger partial charge is 0.154 e. The van der Waals surface area contributed by atoms with Gasteiger partial charge in [-0.05, 0) is 18.1 Å². The molecule has 5 heteroatoms. The van der Waals surface area contributed by atoms with Crippen LogP contribution in [0.15, 0.2) is 22.7 Å². The highest BCUT2D eigenvalue weighted by molar-refractivity contribution is 9.10. The van der Waals surface area contributed by atoms with Gasteiger partial charge in [0.25, 0.3) is 0 Å². The van der Waals surface area contributed by atoms with Crippen LogP contribution in [-0.4, -0.2) is 14.2 Å². The zero-order valence-corrected chi connectivity index (χ0v) is 12.5. The van der Waals surface area contributed by atoms with E-state index in [1.54, 1.807) is 12.1 Å². The molecule has 0 saturated carbocycles. The van der Waals surface area contributed by atoms with E-state index in [4.69, 9.17) is 5.73 Å². The molecule has 0 spiro atoms. The van der Waals surface area contributed by atoms with Crippen molar-refractivity contribution in [1.29, 1.82) is 0 Å². The molecule has 0 saturated heterocycles. The van der Waals surface area contributed by atoms with E-state index < -0.39 is 9.84 Å². The van der Waals surface area contributed by atoms with Gasteiger partial charge in [0.1, 0.15) is 0 Å². The van der Waals surface area contributed by atoms with Gasteiger partial charge in [0, 0.05) is 15.7 Å². The minimum atomic E-state index is -3.10. The highest BCUT2D eigenvalue weighted by atomic mass is 79.9. The predicted molar refractivity (Wildman–Crippen MR) is 75.5 cm³/mol. The third kappa shape index (κ3) is 4.32. The lowest BCUT2D eigenvalue weighted by atomic mass is 10.2. The van der Waals surface area contributed by atoms with Crippen molar-refractivity contribution in [1.82, 2.24) is 0 Å². The Kier molecular flexibility index (Phi) is 5.01. The van der Waals surface area contributed by atoms with Crippen molar-refractivity contribution >= 4 is 31.5 Å². The van der Waals surface area contributed by atoms with Crippen molar-refractivity contribution in [3.8, 4) is 0 Å². The standard InChI is InChI=1S/C12H18BrNO2S/c1-3-9(2)7-17(15,16)8-10-11(13)5-4-6-12(10)14/h4-6,9H,3,7-8,14H2,1-2H3. The summed E-state index contributed by atoms with van der Waals surface area (Å²) in [6.07, 6.45) is 0.866. The summed E-state index contributed by atoms with van der Waals surface area (Å²) in [6, 6.07) is 5.33. The highest BCUT2D eigenvalue weighted by Crippen LogP contribution is 2.25. The molecule has 3 nitrogen and oxygen atoms in total. The second-order valence-electron chi connectivity index (χ2n) is 4.38. The van der Waals surface area contributed by atoms with E-state index in [-0.39, 0.29) is 17.4 Å². The molecule has 1 aromatic rings. The van der Waals surface area contributed by atoms with E-state index in [1.165, 1.54) is 0 Å². The lowest BCUT2D eigenvalue weighted by molar-refractivity contribution is 0.563. The van der Waals surface area contributed by atoms with Crippen LogP contribution in [-0.2, 0) is 15.6 Å². The largest absolute Gasteiger partial charge is 0.398 e. The summed E-state index contributed by atoms with van der Waals surface area (Å²) in [7, 11) is -3.10. The molecule has 17 heavy (non-hydrogen) atoms. The fourth-order valence-electron chi connectivity index (χ4n) is 1.56. The SMILES string of the molecule is CCC(C)CS(=O)(=O)Cc1c(N)cccc1Br. The summed E-state index contributed by atoms with van der Waals surface area (Å²) in [5.74, 6) is 0.401. The number of sulfone groups is 1. The van der Waals surface area contributed by atoms with E-state index >= 15 is 0 Å². The Morgan fingerprint density at radius 3 is 2.59 bits per heavy atom. The maximum Gasteiger partial charge on any atom is 0.154 e. The average molecular weight is 320 g/mol. The summed E-state index contributed by atoms with van der Waals surface area (Å²) in [5.41, 5.74) is 6.98. The second-order valence-corrected chi connectivity index (χ2v) is 7.34. The Morgan fingerprint density at radius 1 is 1.41 bits per heavy atom. The molecule has 1 rings (SSSR count). The third-order valence-corrected chi connectivity index (χ3v) is 5.30. The Morgan fingerprint density at radius 2 is 2.06 bits per heavy atom. The molecule has 0 bridgehead atoms. The molecule has 0 aliphatic carbocycles. The molecule has 0 heterocycles. The van der Waals surface area contributed by atoms with Crippen LogP contribution in [0.25, 0.3) is 0 Å². The molecular formula is C12H18BrNO2S. The highest BCUT2D eigenvalue weighted by Gasteiger charge is 2.18. The van der Waals surface area contributed by atoms with Crippen molar-refractivity contribution in [3.63, 3.8) is 0 Å². The van der Waals surface area contributed by atoms with Gasteiger partial charge < -0.3 is 5.73 Å². The van der Waals surface area contributed by atoms with Crippen LogP contribution in [0.1, 0.15) is 25.8 Å². The maximum absolute atomic E-state index is 12.0. The van der Waals surface area contributed by atoms with Gasteiger partial charge in [0.05, 0.1) is 11.5 Å². The topological polar surface area (TPSA) is 60.2 Å². The number of halogens is 1. The maximum atomic E-state index is 12.0. The lowest BCUT2D eigenvalue weighted by Crippen LogP contribution is -2.16. The quantitative estimate of drug-likeness (QED) is 0.849. The minimum Gasteiger partial charge on any atom is -0.398 e. The molecule has 1 aromatic carbocycles. The molecule has 1 unspecified atom stereocenters. The molecule has 1 atom stereocenters. The Bertz CT molecular complexity index is 465. The first-order valence-electron chi connectivity index (χ1n) is 5.59. The van der Waals surface area contributed by atoms with Crippen molar-refractivity contribution in [2.45, 2.75) is 26.0 Å². The van der Waals surface area contributed by atoms with Crippen LogP contribution < -0.4 is 5.73 Å². The molecule has 0 aromatic heterocycles. The van der Waals surface area contributed by atoms with Gasteiger partial charge in [0.15, 0.2) is 9.84 Å². The van der Waals surface area contributed by atoms with Gasteiger partial charge in [0.2, 0.25) is 0 Å². The fraction of sp³-hybridized carbons (Fsp3) is 0.500. The molecule has 0 aliphatic heterocycles. The minimum absolute atomic E-state index is 0.00456. The second kappa shape index (κ2) is 5.87. The molecule has 0 aliphatic rings. The molecule has 0 radical (unpaired) electrons. The molecule has 0 fully saturated rings. The van der Waals surface area contributed by atoms with Crippen LogP contribution in [0.5, 0.6) is 0 Å². The number of rotatable bonds is 5. The first-order valence-corrected chi connectivity index (χ1v) is 8.20.